The summed E-state index contributed by atoms with van der Waals surface area (Å²) in [6.07, 6.45) is 6.05. The Morgan fingerprint density at radius 1 is 1.07 bits per heavy atom. The summed E-state index contributed by atoms with van der Waals surface area (Å²) in [4.78, 5) is 40.4. The molecule has 2 aromatic carbocycles. The second-order valence-electron chi connectivity index (χ2n) is 10.2. The summed E-state index contributed by atoms with van der Waals surface area (Å²) < 4.78 is 10.3. The molecule has 42 heavy (non-hydrogen) atoms. The van der Waals surface area contributed by atoms with Gasteiger partial charge in [0.1, 0.15) is 0 Å². The van der Waals surface area contributed by atoms with Crippen LogP contribution in [0.4, 0.5) is 22.1 Å². The number of pyridine rings is 1. The van der Waals surface area contributed by atoms with Gasteiger partial charge in [-0.1, -0.05) is 18.2 Å². The predicted molar refractivity (Wildman–Crippen MR) is 161 cm³/mol. The zero-order valence-corrected chi connectivity index (χ0v) is 23.9. The van der Waals surface area contributed by atoms with Crippen molar-refractivity contribution in [2.75, 3.05) is 30.8 Å². The molecule has 2 amide bonds. The van der Waals surface area contributed by atoms with Crippen molar-refractivity contribution in [3.8, 4) is 11.3 Å². The first kappa shape index (κ1) is 28.7. The van der Waals surface area contributed by atoms with Gasteiger partial charge in [-0.15, -0.1) is 0 Å². The maximum Gasteiger partial charge on any atom is 0.412 e. The first-order valence-electron chi connectivity index (χ1n) is 13.9. The molecule has 0 spiro atoms. The highest BCUT2D eigenvalue weighted by Crippen LogP contribution is 2.28. The number of aromatic nitrogens is 3. The van der Waals surface area contributed by atoms with Crippen LogP contribution in [0.25, 0.3) is 11.3 Å². The van der Waals surface area contributed by atoms with Crippen LogP contribution in [-0.4, -0.2) is 58.3 Å². The Bertz CT molecular complexity index is 1530. The molecular weight excluding hydrogens is 532 g/mol. The van der Waals surface area contributed by atoms with Gasteiger partial charge in [0.25, 0.3) is 5.91 Å². The molecular formula is C32H34N6O4. The Labute approximate surface area is 245 Å². The van der Waals surface area contributed by atoms with Crippen LogP contribution in [0.2, 0.25) is 0 Å². The normalized spacial score (nSPS) is 15.5. The third-order valence-corrected chi connectivity index (χ3v) is 7.28. The number of ether oxygens (including phenoxy) is 2. The average Bonchev–Trinajstić information content (AvgIpc) is 3.03. The van der Waals surface area contributed by atoms with Crippen LogP contribution in [0.1, 0.15) is 47.2 Å². The Morgan fingerprint density at radius 2 is 1.90 bits per heavy atom. The summed E-state index contributed by atoms with van der Waals surface area (Å²) in [5.41, 5.74) is 5.69. The van der Waals surface area contributed by atoms with Crippen LogP contribution in [0, 0.1) is 6.92 Å². The molecule has 2 N–H and O–H groups in total. The molecule has 2 unspecified atom stereocenters. The van der Waals surface area contributed by atoms with E-state index in [2.05, 4.69) is 25.6 Å². The zero-order chi connectivity index (χ0) is 29.5. The summed E-state index contributed by atoms with van der Waals surface area (Å²) in [7, 11) is 1.50. The molecule has 2 atom stereocenters. The van der Waals surface area contributed by atoms with E-state index in [1.807, 2.05) is 67.6 Å². The number of anilines is 3. The Kier molecular flexibility index (Phi) is 9.03. The third-order valence-electron chi connectivity index (χ3n) is 7.28. The zero-order valence-electron chi connectivity index (χ0n) is 23.9. The van der Waals surface area contributed by atoms with Gasteiger partial charge in [0.2, 0.25) is 12.2 Å². The number of piperidine rings is 1. The van der Waals surface area contributed by atoms with Crippen molar-refractivity contribution < 1.29 is 19.1 Å². The van der Waals surface area contributed by atoms with E-state index in [0.717, 1.165) is 40.9 Å². The standard InChI is InChI=1S/C32H34N6O4/c1-21-8-13-27(18-29(21)37-31-34-16-14-28(36-31)25-6-4-15-33-19-25)35-30(39)24-11-9-23(10-12-24)26-7-5-17-38(20-26)32(40)42-22(2)41-3/h4,6,8-16,18-19,22,26H,5,7,17,20H2,1-3H3,(H,35,39)(H,34,36,37). The van der Waals surface area contributed by atoms with E-state index in [1.54, 1.807) is 30.4 Å². The largest absolute Gasteiger partial charge is 0.420 e. The topological polar surface area (TPSA) is 119 Å². The molecule has 2 aromatic heterocycles. The van der Waals surface area contributed by atoms with Gasteiger partial charge in [-0.05, 0) is 80.3 Å². The summed E-state index contributed by atoms with van der Waals surface area (Å²) in [6.45, 7) is 4.88. The number of hydrogen-bond acceptors (Lipinski definition) is 8. The lowest BCUT2D eigenvalue weighted by molar-refractivity contribution is -0.0792. The quantitative estimate of drug-likeness (QED) is 0.244. The fraction of sp³-hybridized carbons (Fsp3) is 0.281. The SMILES string of the molecule is COC(C)OC(=O)N1CCCC(c2ccc(C(=O)Nc3ccc(C)c(Nc4nccc(-c5cccnc5)n4)c3)cc2)C1. The molecule has 0 bridgehead atoms. The molecule has 1 aliphatic heterocycles. The van der Waals surface area contributed by atoms with Crippen molar-refractivity contribution in [3.63, 3.8) is 0 Å². The van der Waals surface area contributed by atoms with Gasteiger partial charge in [0.15, 0.2) is 0 Å². The number of nitrogens with zero attached hydrogens (tertiary/aromatic N) is 4. The number of amides is 2. The fourth-order valence-electron chi connectivity index (χ4n) is 4.84. The van der Waals surface area contributed by atoms with Crippen LogP contribution in [0.3, 0.4) is 0 Å². The van der Waals surface area contributed by atoms with E-state index in [1.165, 1.54) is 7.11 Å². The minimum Gasteiger partial charge on any atom is -0.420 e. The molecule has 1 aliphatic rings. The Hall–Kier alpha value is -4.83. The number of benzene rings is 2. The van der Waals surface area contributed by atoms with Gasteiger partial charge in [0.05, 0.1) is 5.69 Å². The maximum atomic E-state index is 13.1. The average molecular weight is 567 g/mol. The first-order valence-corrected chi connectivity index (χ1v) is 13.9. The molecule has 1 saturated heterocycles. The fourth-order valence-corrected chi connectivity index (χ4v) is 4.84. The van der Waals surface area contributed by atoms with Crippen molar-refractivity contribution in [2.24, 2.45) is 0 Å². The molecule has 10 nitrogen and oxygen atoms in total. The summed E-state index contributed by atoms with van der Waals surface area (Å²) in [5.74, 6) is 0.403. The summed E-state index contributed by atoms with van der Waals surface area (Å²) in [5, 5.41) is 6.25. The summed E-state index contributed by atoms with van der Waals surface area (Å²) >= 11 is 0. The van der Waals surface area contributed by atoms with E-state index in [4.69, 9.17) is 9.47 Å². The van der Waals surface area contributed by atoms with Crippen molar-refractivity contribution >= 4 is 29.3 Å². The van der Waals surface area contributed by atoms with Gasteiger partial charge < -0.3 is 25.0 Å². The second kappa shape index (κ2) is 13.2. The van der Waals surface area contributed by atoms with Crippen molar-refractivity contribution in [2.45, 2.75) is 38.9 Å². The number of likely N-dealkylation sites (tertiary alicyclic amines) is 1. The van der Waals surface area contributed by atoms with Gasteiger partial charge in [-0.2, -0.15) is 0 Å². The number of rotatable bonds is 8. The van der Waals surface area contributed by atoms with E-state index < -0.39 is 6.29 Å². The number of carbonyl (C=O) groups is 2. The lowest BCUT2D eigenvalue weighted by Crippen LogP contribution is -2.40. The number of carbonyl (C=O) groups excluding carboxylic acids is 2. The molecule has 4 aromatic rings. The number of nitrogens with one attached hydrogen (secondary N) is 2. The first-order chi connectivity index (χ1) is 20.4. The van der Waals surface area contributed by atoms with Crippen LogP contribution in [0.5, 0.6) is 0 Å². The third kappa shape index (κ3) is 7.08. The van der Waals surface area contributed by atoms with Gasteiger partial charge in [0, 0.05) is 67.2 Å². The maximum absolute atomic E-state index is 13.1. The molecule has 216 valence electrons. The molecule has 0 saturated carbocycles. The number of aryl methyl sites for hydroxylation is 1. The minimum absolute atomic E-state index is 0.172. The highest BCUT2D eigenvalue weighted by Gasteiger charge is 2.27. The monoisotopic (exact) mass is 566 g/mol. The molecule has 5 rings (SSSR count). The second-order valence-corrected chi connectivity index (χ2v) is 10.2. The smallest absolute Gasteiger partial charge is 0.412 e. The molecule has 1 fully saturated rings. The molecule has 10 heteroatoms. The Balaban J connectivity index is 1.22. The van der Waals surface area contributed by atoms with Gasteiger partial charge >= 0.3 is 6.09 Å². The Morgan fingerprint density at radius 3 is 2.67 bits per heavy atom. The van der Waals surface area contributed by atoms with Crippen molar-refractivity contribution in [1.82, 2.24) is 19.9 Å². The highest BCUT2D eigenvalue weighted by atomic mass is 16.7. The molecule has 0 aliphatic carbocycles. The molecule has 0 radical (unpaired) electrons. The van der Waals surface area contributed by atoms with E-state index in [0.29, 0.717) is 30.3 Å². The number of hydrogen-bond donors (Lipinski definition) is 2. The number of methoxy groups -OCH3 is 1. The van der Waals surface area contributed by atoms with Crippen molar-refractivity contribution in [3.05, 3.63) is 95.9 Å². The van der Waals surface area contributed by atoms with Crippen molar-refractivity contribution in [1.29, 1.82) is 0 Å². The van der Waals surface area contributed by atoms with E-state index >= 15 is 0 Å². The van der Waals surface area contributed by atoms with Gasteiger partial charge in [-0.3, -0.25) is 9.78 Å². The van der Waals surface area contributed by atoms with E-state index in [-0.39, 0.29) is 17.9 Å². The highest BCUT2D eigenvalue weighted by molar-refractivity contribution is 6.04. The van der Waals surface area contributed by atoms with Gasteiger partial charge in [-0.25, -0.2) is 14.8 Å². The summed E-state index contributed by atoms with van der Waals surface area (Å²) in [6, 6.07) is 18.8. The van der Waals surface area contributed by atoms with Crippen LogP contribution >= 0.6 is 0 Å². The lowest BCUT2D eigenvalue weighted by Gasteiger charge is -2.33. The minimum atomic E-state index is -0.590. The molecule has 3 heterocycles. The van der Waals surface area contributed by atoms with Crippen LogP contribution in [-0.2, 0) is 9.47 Å². The van der Waals surface area contributed by atoms with Crippen LogP contribution < -0.4 is 10.6 Å². The predicted octanol–water partition coefficient (Wildman–Crippen LogP) is 6.15. The van der Waals surface area contributed by atoms with E-state index in [9.17, 15) is 9.59 Å². The lowest BCUT2D eigenvalue weighted by atomic mass is 9.90. The van der Waals surface area contributed by atoms with Crippen LogP contribution in [0.15, 0.2) is 79.3 Å².